The van der Waals surface area contributed by atoms with E-state index in [0.29, 0.717) is 36.1 Å². The number of hydrogen-bond acceptors (Lipinski definition) is 5. The molecule has 0 N–H and O–H groups in total. The molecule has 0 amide bonds. The third-order valence-corrected chi connectivity index (χ3v) is 3.31. The number of rotatable bonds is 5. The third kappa shape index (κ3) is 2.75. The molecular formula is C17H17N3O3. The van der Waals surface area contributed by atoms with Gasteiger partial charge in [-0.25, -0.2) is 14.8 Å². The second-order valence-corrected chi connectivity index (χ2v) is 4.75. The van der Waals surface area contributed by atoms with Crippen LogP contribution in [0.5, 0.6) is 5.88 Å². The summed E-state index contributed by atoms with van der Waals surface area (Å²) >= 11 is 0. The molecule has 0 fully saturated rings. The first-order valence-electron chi connectivity index (χ1n) is 7.48. The molecule has 1 aromatic carbocycles. The number of aromatic nitrogens is 3. The van der Waals surface area contributed by atoms with E-state index < -0.39 is 5.97 Å². The van der Waals surface area contributed by atoms with Gasteiger partial charge in [-0.2, -0.15) is 0 Å². The van der Waals surface area contributed by atoms with Crippen LogP contribution in [0.2, 0.25) is 0 Å². The number of hydrogen-bond donors (Lipinski definition) is 0. The highest BCUT2D eigenvalue weighted by molar-refractivity contribution is 5.96. The van der Waals surface area contributed by atoms with Crippen LogP contribution >= 0.6 is 0 Å². The van der Waals surface area contributed by atoms with Crippen molar-refractivity contribution in [3.05, 3.63) is 48.4 Å². The molecule has 118 valence electrons. The van der Waals surface area contributed by atoms with E-state index >= 15 is 0 Å². The second-order valence-electron chi connectivity index (χ2n) is 4.75. The first-order chi connectivity index (χ1) is 11.3. The maximum absolute atomic E-state index is 12.4. The maximum Gasteiger partial charge on any atom is 0.357 e. The van der Waals surface area contributed by atoms with E-state index in [-0.39, 0.29) is 0 Å². The molecule has 0 aliphatic carbocycles. The summed E-state index contributed by atoms with van der Waals surface area (Å²) in [7, 11) is 0. The van der Waals surface area contributed by atoms with Crippen LogP contribution in [0.3, 0.4) is 0 Å². The van der Waals surface area contributed by atoms with Crippen molar-refractivity contribution < 1.29 is 14.3 Å². The molecule has 6 heteroatoms. The summed E-state index contributed by atoms with van der Waals surface area (Å²) in [6.07, 6.45) is 3.26. The first-order valence-corrected chi connectivity index (χ1v) is 7.48. The van der Waals surface area contributed by atoms with Gasteiger partial charge in [-0.05, 0) is 13.8 Å². The number of imidazole rings is 1. The lowest BCUT2D eigenvalue weighted by molar-refractivity contribution is 0.0519. The Morgan fingerprint density at radius 1 is 1.17 bits per heavy atom. The minimum atomic E-state index is -0.424. The van der Waals surface area contributed by atoms with Crippen molar-refractivity contribution in [3.8, 4) is 17.1 Å². The SMILES string of the molecule is CCOC(=O)c1c(-c2ccccc2)nc2c(OCC)nccn12. The van der Waals surface area contributed by atoms with Crippen LogP contribution in [0, 0.1) is 0 Å². The maximum atomic E-state index is 12.4. The van der Waals surface area contributed by atoms with Gasteiger partial charge in [0, 0.05) is 18.0 Å². The van der Waals surface area contributed by atoms with Crippen LogP contribution in [0.25, 0.3) is 16.9 Å². The van der Waals surface area contributed by atoms with Crippen molar-refractivity contribution in [2.24, 2.45) is 0 Å². The normalized spacial score (nSPS) is 10.7. The minimum absolute atomic E-state index is 0.295. The lowest BCUT2D eigenvalue weighted by atomic mass is 10.1. The Morgan fingerprint density at radius 2 is 1.96 bits per heavy atom. The Bertz CT molecular complexity index is 828. The molecule has 2 aromatic heterocycles. The molecule has 0 saturated carbocycles. The van der Waals surface area contributed by atoms with Gasteiger partial charge in [0.15, 0.2) is 5.69 Å². The van der Waals surface area contributed by atoms with E-state index in [9.17, 15) is 4.79 Å². The molecule has 0 aliphatic rings. The quantitative estimate of drug-likeness (QED) is 0.678. The monoisotopic (exact) mass is 311 g/mol. The highest BCUT2D eigenvalue weighted by Gasteiger charge is 2.23. The summed E-state index contributed by atoms with van der Waals surface area (Å²) < 4.78 is 12.4. The van der Waals surface area contributed by atoms with Crippen LogP contribution < -0.4 is 4.74 Å². The highest BCUT2D eigenvalue weighted by Crippen LogP contribution is 2.28. The fourth-order valence-corrected chi connectivity index (χ4v) is 2.38. The third-order valence-electron chi connectivity index (χ3n) is 3.31. The van der Waals surface area contributed by atoms with E-state index in [4.69, 9.17) is 9.47 Å². The van der Waals surface area contributed by atoms with E-state index in [1.807, 2.05) is 37.3 Å². The molecule has 3 rings (SSSR count). The second kappa shape index (κ2) is 6.48. The van der Waals surface area contributed by atoms with Gasteiger partial charge in [0.05, 0.1) is 13.2 Å². The van der Waals surface area contributed by atoms with Crippen molar-refractivity contribution in [2.45, 2.75) is 13.8 Å². The fourth-order valence-electron chi connectivity index (χ4n) is 2.38. The lowest BCUT2D eigenvalue weighted by Crippen LogP contribution is -2.10. The molecule has 0 saturated heterocycles. The van der Waals surface area contributed by atoms with Crippen LogP contribution in [0.15, 0.2) is 42.7 Å². The van der Waals surface area contributed by atoms with Gasteiger partial charge >= 0.3 is 5.97 Å². The summed E-state index contributed by atoms with van der Waals surface area (Å²) in [6.45, 7) is 4.41. The Morgan fingerprint density at radius 3 is 2.65 bits per heavy atom. The van der Waals surface area contributed by atoms with Gasteiger partial charge in [0.2, 0.25) is 5.65 Å². The van der Waals surface area contributed by atoms with Gasteiger partial charge in [0.1, 0.15) is 5.69 Å². The summed E-state index contributed by atoms with van der Waals surface area (Å²) in [5.74, 6) is -0.0322. The Labute approximate surface area is 133 Å². The topological polar surface area (TPSA) is 65.7 Å². The molecule has 0 atom stereocenters. The Balaban J connectivity index is 2.27. The first kappa shape index (κ1) is 15.0. The van der Waals surface area contributed by atoms with E-state index in [1.54, 1.807) is 23.7 Å². The average molecular weight is 311 g/mol. The van der Waals surface area contributed by atoms with Crippen molar-refractivity contribution in [3.63, 3.8) is 0 Å². The zero-order valence-corrected chi connectivity index (χ0v) is 13.0. The lowest BCUT2D eigenvalue weighted by Gasteiger charge is -2.05. The minimum Gasteiger partial charge on any atom is -0.475 e. The number of nitrogens with zero attached hydrogens (tertiary/aromatic N) is 3. The number of ether oxygens (including phenoxy) is 2. The summed E-state index contributed by atoms with van der Waals surface area (Å²) in [6, 6.07) is 9.51. The van der Waals surface area contributed by atoms with Crippen LogP contribution in [0.4, 0.5) is 0 Å². The number of carbonyl (C=O) groups excluding carboxylic acids is 1. The van der Waals surface area contributed by atoms with Gasteiger partial charge in [0.25, 0.3) is 5.88 Å². The summed E-state index contributed by atoms with van der Waals surface area (Å²) in [5.41, 5.74) is 2.26. The standard InChI is InChI=1S/C17H17N3O3/c1-3-22-16-15-19-13(12-8-6-5-7-9-12)14(17(21)23-4-2)20(15)11-10-18-16/h5-11H,3-4H2,1-2H3. The number of benzene rings is 1. The van der Waals surface area contributed by atoms with E-state index in [0.717, 1.165) is 5.56 Å². The van der Waals surface area contributed by atoms with Crippen LogP contribution in [-0.4, -0.2) is 33.6 Å². The summed E-state index contributed by atoms with van der Waals surface area (Å²) in [5, 5.41) is 0. The van der Waals surface area contributed by atoms with Crippen molar-refractivity contribution >= 4 is 11.6 Å². The average Bonchev–Trinajstić information content (AvgIpc) is 2.97. The molecule has 0 spiro atoms. The Hall–Kier alpha value is -2.89. The zero-order chi connectivity index (χ0) is 16.2. The van der Waals surface area contributed by atoms with Crippen LogP contribution in [0.1, 0.15) is 24.3 Å². The van der Waals surface area contributed by atoms with Gasteiger partial charge < -0.3 is 9.47 Å². The molecule has 0 bridgehead atoms. The Kier molecular flexibility index (Phi) is 4.23. The van der Waals surface area contributed by atoms with Gasteiger partial charge in [-0.3, -0.25) is 4.40 Å². The molecule has 23 heavy (non-hydrogen) atoms. The van der Waals surface area contributed by atoms with Crippen molar-refractivity contribution in [1.82, 2.24) is 14.4 Å². The molecular weight excluding hydrogens is 294 g/mol. The molecule has 6 nitrogen and oxygen atoms in total. The number of carbonyl (C=O) groups is 1. The number of esters is 1. The molecule has 3 aromatic rings. The highest BCUT2D eigenvalue weighted by atomic mass is 16.5. The molecule has 2 heterocycles. The van der Waals surface area contributed by atoms with Crippen molar-refractivity contribution in [1.29, 1.82) is 0 Å². The molecule has 0 radical (unpaired) electrons. The molecule has 0 unspecified atom stereocenters. The van der Waals surface area contributed by atoms with Crippen molar-refractivity contribution in [2.75, 3.05) is 13.2 Å². The predicted molar refractivity (Wildman–Crippen MR) is 85.5 cm³/mol. The number of fused-ring (bicyclic) bond motifs is 1. The van der Waals surface area contributed by atoms with E-state index in [2.05, 4.69) is 9.97 Å². The smallest absolute Gasteiger partial charge is 0.357 e. The predicted octanol–water partition coefficient (Wildman–Crippen LogP) is 2.97. The van der Waals surface area contributed by atoms with Gasteiger partial charge in [-0.1, -0.05) is 30.3 Å². The summed E-state index contributed by atoms with van der Waals surface area (Å²) in [4.78, 5) is 21.2. The largest absolute Gasteiger partial charge is 0.475 e. The van der Waals surface area contributed by atoms with Gasteiger partial charge in [-0.15, -0.1) is 0 Å². The van der Waals surface area contributed by atoms with Crippen LogP contribution in [-0.2, 0) is 4.74 Å². The zero-order valence-electron chi connectivity index (χ0n) is 13.0. The molecule has 0 aliphatic heterocycles. The fraction of sp³-hybridized carbons (Fsp3) is 0.235. The van der Waals surface area contributed by atoms with E-state index in [1.165, 1.54) is 0 Å².